The van der Waals surface area contributed by atoms with E-state index >= 15 is 0 Å². The van der Waals surface area contributed by atoms with Crippen LogP contribution in [-0.2, 0) is 4.79 Å². The molecule has 1 aromatic rings. The third-order valence-corrected chi connectivity index (χ3v) is 4.45. The van der Waals surface area contributed by atoms with E-state index in [9.17, 15) is 4.79 Å². The third kappa shape index (κ3) is 4.05. The van der Waals surface area contributed by atoms with E-state index in [0.717, 1.165) is 17.7 Å². The summed E-state index contributed by atoms with van der Waals surface area (Å²) in [4.78, 5) is 12.0. The van der Waals surface area contributed by atoms with Crippen LogP contribution in [-0.4, -0.2) is 28.9 Å². The highest BCUT2D eigenvalue weighted by molar-refractivity contribution is 7.99. The fraction of sp³-hybridized carbons (Fsp3) is 0.417. The molecule has 1 fully saturated rings. The van der Waals surface area contributed by atoms with E-state index in [0.29, 0.717) is 21.8 Å². The average molecular weight is 306 g/mol. The van der Waals surface area contributed by atoms with Crippen LogP contribution in [0.3, 0.4) is 0 Å². The third-order valence-electron chi connectivity index (χ3n) is 2.62. The van der Waals surface area contributed by atoms with Gasteiger partial charge in [0.1, 0.15) is 6.04 Å². The molecule has 0 spiro atoms. The van der Waals surface area contributed by atoms with Crippen molar-refractivity contribution in [1.82, 2.24) is 5.32 Å². The first-order valence-electron chi connectivity index (χ1n) is 5.63. The lowest BCUT2D eigenvalue weighted by Gasteiger charge is -2.13. The van der Waals surface area contributed by atoms with Gasteiger partial charge in [-0.3, -0.25) is 4.79 Å². The fourth-order valence-electron chi connectivity index (χ4n) is 1.47. The molecule has 2 N–H and O–H groups in total. The molecule has 1 aliphatic carbocycles. The summed E-state index contributed by atoms with van der Waals surface area (Å²) >= 11 is 13.2. The number of rotatable bonds is 6. The lowest BCUT2D eigenvalue weighted by molar-refractivity contribution is -0.138. The van der Waals surface area contributed by atoms with E-state index in [-0.39, 0.29) is 0 Å². The summed E-state index contributed by atoms with van der Waals surface area (Å²) in [6.07, 6.45) is 2.14. The Hall–Kier alpha value is -0.420. The molecule has 0 radical (unpaired) electrons. The Morgan fingerprint density at radius 3 is 2.72 bits per heavy atom. The van der Waals surface area contributed by atoms with Gasteiger partial charge in [-0.2, -0.15) is 0 Å². The SMILES string of the molecule is O=C(O)C(CSc1ccc(Cl)c(Cl)c1)NC1CC1. The predicted molar refractivity (Wildman–Crippen MR) is 74.8 cm³/mol. The molecule has 3 nitrogen and oxygen atoms in total. The van der Waals surface area contributed by atoms with Gasteiger partial charge in [-0.05, 0) is 31.0 Å². The highest BCUT2D eigenvalue weighted by Gasteiger charge is 2.28. The van der Waals surface area contributed by atoms with E-state index in [1.54, 1.807) is 12.1 Å². The Kier molecular flexibility index (Phi) is 4.78. The minimum Gasteiger partial charge on any atom is -0.480 e. The summed E-state index contributed by atoms with van der Waals surface area (Å²) < 4.78 is 0. The van der Waals surface area contributed by atoms with Gasteiger partial charge in [0.05, 0.1) is 10.0 Å². The topological polar surface area (TPSA) is 49.3 Å². The minimum absolute atomic E-state index is 0.375. The standard InChI is InChI=1S/C12H13Cl2NO2S/c13-9-4-3-8(5-10(9)14)18-6-11(12(16)17)15-7-1-2-7/h3-5,7,11,15H,1-2,6H2,(H,16,17). The van der Waals surface area contributed by atoms with Crippen LogP contribution in [0, 0.1) is 0 Å². The van der Waals surface area contributed by atoms with Crippen molar-refractivity contribution in [2.24, 2.45) is 0 Å². The zero-order valence-electron chi connectivity index (χ0n) is 9.53. The molecule has 1 saturated carbocycles. The van der Waals surface area contributed by atoms with Crippen molar-refractivity contribution in [3.8, 4) is 0 Å². The second-order valence-corrected chi connectivity index (χ2v) is 6.13. The van der Waals surface area contributed by atoms with Crippen LogP contribution in [0.15, 0.2) is 23.1 Å². The van der Waals surface area contributed by atoms with Crippen molar-refractivity contribution in [2.75, 3.05) is 5.75 Å². The molecule has 0 aromatic heterocycles. The maximum atomic E-state index is 11.1. The van der Waals surface area contributed by atoms with Crippen LogP contribution in [0.4, 0.5) is 0 Å². The Balaban J connectivity index is 1.91. The fourth-order valence-corrected chi connectivity index (χ4v) is 2.80. The number of aliphatic carboxylic acids is 1. The average Bonchev–Trinajstić information content (AvgIpc) is 3.12. The van der Waals surface area contributed by atoms with Gasteiger partial charge >= 0.3 is 5.97 Å². The number of nitrogens with one attached hydrogen (secondary N) is 1. The van der Waals surface area contributed by atoms with Crippen LogP contribution >= 0.6 is 35.0 Å². The summed E-state index contributed by atoms with van der Waals surface area (Å²) in [5, 5.41) is 13.2. The molecule has 0 saturated heterocycles. The summed E-state index contributed by atoms with van der Waals surface area (Å²) in [6, 6.07) is 5.17. The molecule has 6 heteroatoms. The van der Waals surface area contributed by atoms with Crippen LogP contribution in [0.1, 0.15) is 12.8 Å². The molecule has 0 heterocycles. The molecule has 0 aliphatic heterocycles. The largest absolute Gasteiger partial charge is 0.480 e. The van der Waals surface area contributed by atoms with Crippen molar-refractivity contribution < 1.29 is 9.90 Å². The molecular weight excluding hydrogens is 293 g/mol. The summed E-state index contributed by atoms with van der Waals surface area (Å²) in [5.74, 6) is -0.335. The maximum Gasteiger partial charge on any atom is 0.321 e. The Bertz CT molecular complexity index is 452. The Labute approximate surface area is 120 Å². The number of carbonyl (C=O) groups is 1. The molecule has 1 unspecified atom stereocenters. The number of hydrogen-bond donors (Lipinski definition) is 2. The molecule has 0 amide bonds. The summed E-state index contributed by atoms with van der Waals surface area (Å²) in [5.41, 5.74) is 0. The Morgan fingerprint density at radius 2 is 2.17 bits per heavy atom. The summed E-state index contributed by atoms with van der Waals surface area (Å²) in [6.45, 7) is 0. The van der Waals surface area contributed by atoms with Gasteiger partial charge in [-0.25, -0.2) is 0 Å². The van der Waals surface area contributed by atoms with Crippen molar-refractivity contribution in [3.63, 3.8) is 0 Å². The van der Waals surface area contributed by atoms with E-state index in [4.69, 9.17) is 28.3 Å². The minimum atomic E-state index is -0.811. The number of benzene rings is 1. The zero-order chi connectivity index (χ0) is 13.1. The van der Waals surface area contributed by atoms with E-state index in [1.807, 2.05) is 6.07 Å². The van der Waals surface area contributed by atoms with Crippen molar-refractivity contribution in [1.29, 1.82) is 0 Å². The quantitative estimate of drug-likeness (QED) is 0.792. The Morgan fingerprint density at radius 1 is 1.44 bits per heavy atom. The number of halogens is 2. The van der Waals surface area contributed by atoms with Crippen LogP contribution < -0.4 is 5.32 Å². The second-order valence-electron chi connectivity index (χ2n) is 4.22. The van der Waals surface area contributed by atoms with Gasteiger partial charge in [0.25, 0.3) is 0 Å². The van der Waals surface area contributed by atoms with Crippen molar-refractivity contribution in [3.05, 3.63) is 28.2 Å². The molecule has 2 rings (SSSR count). The molecule has 1 aromatic carbocycles. The van der Waals surface area contributed by atoms with Crippen molar-refractivity contribution in [2.45, 2.75) is 29.8 Å². The van der Waals surface area contributed by atoms with E-state index in [2.05, 4.69) is 5.32 Å². The highest BCUT2D eigenvalue weighted by atomic mass is 35.5. The predicted octanol–water partition coefficient (Wildman–Crippen LogP) is 3.29. The lowest BCUT2D eigenvalue weighted by Crippen LogP contribution is -2.40. The van der Waals surface area contributed by atoms with Gasteiger partial charge in [-0.15, -0.1) is 11.8 Å². The zero-order valence-corrected chi connectivity index (χ0v) is 11.9. The van der Waals surface area contributed by atoms with Crippen LogP contribution in [0.5, 0.6) is 0 Å². The van der Waals surface area contributed by atoms with Crippen LogP contribution in [0.25, 0.3) is 0 Å². The molecule has 0 bridgehead atoms. The second kappa shape index (κ2) is 6.15. The van der Waals surface area contributed by atoms with E-state index < -0.39 is 12.0 Å². The van der Waals surface area contributed by atoms with Crippen molar-refractivity contribution >= 4 is 40.9 Å². The number of carboxylic acids is 1. The molecule has 18 heavy (non-hydrogen) atoms. The first-order chi connectivity index (χ1) is 8.56. The first-order valence-corrected chi connectivity index (χ1v) is 7.37. The monoisotopic (exact) mass is 305 g/mol. The van der Waals surface area contributed by atoms with E-state index in [1.165, 1.54) is 11.8 Å². The molecule has 98 valence electrons. The molecular formula is C12H13Cl2NO2S. The number of carboxylic acid groups (broad SMARTS) is 1. The molecule has 1 atom stereocenters. The normalized spacial score (nSPS) is 16.6. The van der Waals surface area contributed by atoms with Gasteiger partial charge in [-0.1, -0.05) is 23.2 Å². The smallest absolute Gasteiger partial charge is 0.321 e. The number of hydrogen-bond acceptors (Lipinski definition) is 3. The maximum absolute atomic E-state index is 11.1. The molecule has 1 aliphatic rings. The lowest BCUT2D eigenvalue weighted by atomic mass is 10.3. The van der Waals surface area contributed by atoms with Gasteiger partial charge in [0, 0.05) is 16.7 Å². The van der Waals surface area contributed by atoms with Gasteiger partial charge in [0.2, 0.25) is 0 Å². The summed E-state index contributed by atoms with van der Waals surface area (Å²) in [7, 11) is 0. The first kappa shape index (κ1) is 14.0. The van der Waals surface area contributed by atoms with Gasteiger partial charge in [0.15, 0.2) is 0 Å². The van der Waals surface area contributed by atoms with Crippen LogP contribution in [0.2, 0.25) is 10.0 Å². The highest BCUT2D eigenvalue weighted by Crippen LogP contribution is 2.28. The number of thioether (sulfide) groups is 1. The van der Waals surface area contributed by atoms with Gasteiger partial charge < -0.3 is 10.4 Å².